The molecule has 58 heavy (non-hydrogen) atoms. The van der Waals surface area contributed by atoms with Gasteiger partial charge in [0, 0.05) is 0 Å². The Morgan fingerprint density at radius 2 is 0.862 bits per heavy atom. The molecule has 0 saturated carbocycles. The molecule has 0 saturated heterocycles. The van der Waals surface area contributed by atoms with Crippen LogP contribution in [0, 0.1) is 41.5 Å². The molecule has 4 aromatic carbocycles. The van der Waals surface area contributed by atoms with Gasteiger partial charge in [0.25, 0.3) is 0 Å². The van der Waals surface area contributed by atoms with Crippen molar-refractivity contribution < 1.29 is 26.2 Å². The number of aryl methyl sites for hydroxylation is 4. The molecule has 302 valence electrons. The van der Waals surface area contributed by atoms with Crippen LogP contribution in [-0.4, -0.2) is 6.88 Å². The number of furan rings is 2. The number of hydrogen-bond acceptors (Lipinski definition) is 2. The third kappa shape index (κ3) is 7.29. The number of fused-ring (bicyclic) bond motifs is 2. The summed E-state index contributed by atoms with van der Waals surface area (Å²) in [7, 11) is 0. The predicted octanol–water partition coefficient (Wildman–Crippen LogP) is 15.4. The van der Waals surface area contributed by atoms with Gasteiger partial charge in [-0.25, -0.2) is 0 Å². The summed E-state index contributed by atoms with van der Waals surface area (Å²) in [5, 5.41) is 0. The number of hydrogen-bond donors (Lipinski definition) is 0. The molecule has 0 aliphatic heterocycles. The average Bonchev–Trinajstić information content (AvgIpc) is 3.95. The van der Waals surface area contributed by atoms with Gasteiger partial charge in [-0.3, -0.25) is 0 Å². The molecule has 2 heterocycles. The average molecular weight is 907 g/mol. The first kappa shape index (κ1) is 44.2. The minimum atomic E-state index is -4.25. The van der Waals surface area contributed by atoms with Gasteiger partial charge in [-0.05, 0) is 0 Å². The molecule has 2 unspecified atom stereocenters. The van der Waals surface area contributed by atoms with Gasteiger partial charge in [-0.1, -0.05) is 0 Å². The molecule has 0 amide bonds. The Kier molecular flexibility index (Phi) is 12.1. The van der Waals surface area contributed by atoms with Crippen molar-refractivity contribution >= 4 is 55.0 Å². The smallest absolute Gasteiger partial charge is 0.147 e. The topological polar surface area (TPSA) is 26.3 Å². The van der Waals surface area contributed by atoms with Crippen molar-refractivity contribution in [2.24, 2.45) is 0 Å². The summed E-state index contributed by atoms with van der Waals surface area (Å²) >= 11 is -4.25. The van der Waals surface area contributed by atoms with Crippen molar-refractivity contribution in [1.29, 1.82) is 0 Å². The third-order valence-electron chi connectivity index (χ3n) is 13.4. The van der Waals surface area contributed by atoms with Crippen molar-refractivity contribution in [3.63, 3.8) is 0 Å². The van der Waals surface area contributed by atoms with Crippen LogP contribution in [-0.2, 0) is 17.4 Å². The Morgan fingerprint density at radius 3 is 1.16 bits per heavy atom. The molecule has 6 heteroatoms. The Bertz CT molecular complexity index is 2500. The molecule has 0 spiro atoms. The predicted molar refractivity (Wildman–Crippen MR) is 254 cm³/mol. The Hall–Kier alpha value is -3.40. The molecule has 2 nitrogen and oxygen atoms in total. The van der Waals surface area contributed by atoms with E-state index in [4.69, 9.17) is 8.83 Å². The Morgan fingerprint density at radius 1 is 0.517 bits per heavy atom. The maximum atomic E-state index is 6.64. The molecule has 2 aromatic heterocycles. The quantitative estimate of drug-likeness (QED) is 0.142. The minimum absolute atomic E-state index is 0. The van der Waals surface area contributed by atoms with Crippen LogP contribution in [0.3, 0.4) is 0 Å². The monoisotopic (exact) mass is 904 g/mol. The minimum Gasteiger partial charge on any atom is -0.147 e. The maximum Gasteiger partial charge on any atom is -0.147 e. The van der Waals surface area contributed by atoms with Gasteiger partial charge in [-0.2, -0.15) is 0 Å². The summed E-state index contributed by atoms with van der Waals surface area (Å²) in [6.07, 6.45) is 5.03. The summed E-state index contributed by atoms with van der Waals surface area (Å²) in [4.78, 5) is 0. The first-order valence-electron chi connectivity index (χ1n) is 20.6. The standard InChI is InChI=1S/2C25H25O.2CH3.2ClH.H2Si.Zr/c2*1-15(2)19-7-9-20(10-8-19)25-18(5)16(3)12-21-13-22(14-23(21)25)24-11-6-17(4)26-24;;;;;;/h2*6-15H,1-5H3;2*1H3;2*1H;1H2;. The molecule has 0 fully saturated rings. The second-order valence-corrected chi connectivity index (χ2v) is 49.2. The zero-order chi connectivity index (χ0) is 40.0. The van der Waals surface area contributed by atoms with Gasteiger partial charge < -0.3 is 0 Å². The zero-order valence-electron chi connectivity index (χ0n) is 36.4. The fourth-order valence-corrected chi connectivity index (χ4v) is 28.5. The van der Waals surface area contributed by atoms with Crippen molar-refractivity contribution in [1.82, 2.24) is 0 Å². The summed E-state index contributed by atoms with van der Waals surface area (Å²) in [6.45, 7) is 24.9. The van der Waals surface area contributed by atoms with E-state index >= 15 is 0 Å². The first-order chi connectivity index (χ1) is 26.4. The number of benzene rings is 4. The van der Waals surface area contributed by atoms with Crippen molar-refractivity contribution in [2.75, 3.05) is 0 Å². The van der Waals surface area contributed by atoms with Crippen LogP contribution < -0.4 is 0 Å². The summed E-state index contributed by atoms with van der Waals surface area (Å²) in [5.41, 5.74) is 21.7. The van der Waals surface area contributed by atoms with E-state index in [9.17, 15) is 0 Å². The molecule has 2 atom stereocenters. The molecular weight excluding hydrogens is 847 g/mol. The maximum absolute atomic E-state index is 6.64. The van der Waals surface area contributed by atoms with Gasteiger partial charge >= 0.3 is 340 Å². The summed E-state index contributed by atoms with van der Waals surface area (Å²) < 4.78 is 19.2. The third-order valence-corrected chi connectivity index (χ3v) is 30.6. The van der Waals surface area contributed by atoms with Gasteiger partial charge in [0.1, 0.15) is 0 Å². The van der Waals surface area contributed by atoms with Crippen molar-refractivity contribution in [3.05, 3.63) is 164 Å². The van der Waals surface area contributed by atoms with Crippen LogP contribution in [0.15, 0.2) is 93.8 Å². The van der Waals surface area contributed by atoms with E-state index in [0.29, 0.717) is 11.8 Å². The SMILES string of the molecule is Cc1ccc(C2=Cc3c(cc(C)c(C)c3-c3ccc(C(C)C)cc3)[CH]2[Zr]([CH3])([CH3])(=[SiH2])[CH]2C(c3ccc(C)o3)=Cc3c2cc(C)c(C)c3-c2ccc(C(C)C)cc2)o1.Cl.Cl. The molecule has 8 rings (SSSR count). The van der Waals surface area contributed by atoms with Gasteiger partial charge in [0.15, 0.2) is 0 Å². The van der Waals surface area contributed by atoms with Crippen LogP contribution in [0.5, 0.6) is 0 Å². The molecule has 6 aromatic rings. The summed E-state index contributed by atoms with van der Waals surface area (Å²) in [6, 6.07) is 32.5. The largest absolute Gasteiger partial charge is 0.147 e. The van der Waals surface area contributed by atoms with E-state index < -0.39 is 17.4 Å². The number of allylic oxidation sites excluding steroid dienone is 2. The van der Waals surface area contributed by atoms with E-state index in [1.54, 1.807) is 0 Å². The van der Waals surface area contributed by atoms with Gasteiger partial charge in [0.2, 0.25) is 0 Å². The van der Waals surface area contributed by atoms with E-state index in [1.165, 1.54) is 89.0 Å². The van der Waals surface area contributed by atoms with E-state index in [2.05, 4.69) is 182 Å². The van der Waals surface area contributed by atoms with Crippen LogP contribution in [0.1, 0.15) is 125 Å². The summed E-state index contributed by atoms with van der Waals surface area (Å²) in [5.74, 6) is 4.88. The van der Waals surface area contributed by atoms with Crippen LogP contribution in [0.2, 0.25) is 9.26 Å². The van der Waals surface area contributed by atoms with E-state index in [1.807, 2.05) is 0 Å². The van der Waals surface area contributed by atoms with Crippen molar-refractivity contribution in [2.45, 2.75) is 97.6 Å². The molecular formula is C52H60Cl2O2SiZr. The zero-order valence-corrected chi connectivity index (χ0v) is 41.9. The van der Waals surface area contributed by atoms with Crippen LogP contribution >= 0.6 is 24.8 Å². The molecule has 0 radical (unpaired) electrons. The number of rotatable bonds is 8. The molecule has 0 bridgehead atoms. The Labute approximate surface area is 361 Å². The Balaban J connectivity index is 0.00000283. The van der Waals surface area contributed by atoms with E-state index in [-0.39, 0.29) is 32.1 Å². The molecule has 0 N–H and O–H groups in total. The van der Waals surface area contributed by atoms with Crippen LogP contribution in [0.25, 0.3) is 45.6 Å². The molecule has 2 aliphatic carbocycles. The second-order valence-electron chi connectivity index (χ2n) is 18.8. The molecule has 2 aliphatic rings. The van der Waals surface area contributed by atoms with Gasteiger partial charge in [0.05, 0.1) is 0 Å². The second kappa shape index (κ2) is 15.9. The first-order valence-corrected chi connectivity index (χ1v) is 34.2. The van der Waals surface area contributed by atoms with E-state index in [0.717, 1.165) is 23.0 Å². The van der Waals surface area contributed by atoms with Crippen molar-refractivity contribution in [3.8, 4) is 22.3 Å². The fourth-order valence-electron chi connectivity index (χ4n) is 10.2. The van der Waals surface area contributed by atoms with Crippen LogP contribution in [0.4, 0.5) is 0 Å². The van der Waals surface area contributed by atoms with Gasteiger partial charge in [-0.15, -0.1) is 24.8 Å². The fraction of sp³-hybridized carbons (Fsp3) is 0.308. The number of halogens is 2. The normalized spacial score (nSPS) is 16.2.